The molecule has 0 radical (unpaired) electrons. The van der Waals surface area contributed by atoms with Gasteiger partial charge in [-0.1, -0.05) is 0 Å². The molecule has 10 heavy (non-hydrogen) atoms. The van der Waals surface area contributed by atoms with E-state index >= 15 is 0 Å². The molecule has 2 atom stereocenters. The van der Waals surface area contributed by atoms with Gasteiger partial charge in [0.05, 0.1) is 6.10 Å². The molecule has 1 aliphatic rings. The minimum atomic E-state index is 0.396. The minimum absolute atomic E-state index is 0.396. The Labute approximate surface area is 63.2 Å². The van der Waals surface area contributed by atoms with Gasteiger partial charge < -0.3 is 9.64 Å². The first kappa shape index (κ1) is 8.02. The molecule has 0 aromatic carbocycles. The Balaban J connectivity index is 2.38. The van der Waals surface area contributed by atoms with Crippen molar-refractivity contribution in [3.63, 3.8) is 0 Å². The zero-order chi connectivity index (χ0) is 7.56. The van der Waals surface area contributed by atoms with Crippen molar-refractivity contribution < 1.29 is 4.74 Å². The summed E-state index contributed by atoms with van der Waals surface area (Å²) >= 11 is 0. The standard InChI is InChI=1S/C8H17NO/c1-7(10-3)8-5-4-6-9(8)2/h7-8H,4-6H2,1-3H3/t7-,8-/m0/s1. The lowest BCUT2D eigenvalue weighted by molar-refractivity contribution is 0.0531. The maximum atomic E-state index is 5.26. The molecule has 2 nitrogen and oxygen atoms in total. The van der Waals surface area contributed by atoms with Crippen molar-refractivity contribution in [3.05, 3.63) is 0 Å². The predicted molar refractivity (Wildman–Crippen MR) is 42.1 cm³/mol. The summed E-state index contributed by atoms with van der Waals surface area (Å²) in [6, 6.07) is 0.657. The van der Waals surface area contributed by atoms with Gasteiger partial charge in [-0.25, -0.2) is 0 Å². The number of methoxy groups -OCH3 is 1. The van der Waals surface area contributed by atoms with Crippen molar-refractivity contribution in [3.8, 4) is 0 Å². The quantitative estimate of drug-likeness (QED) is 0.574. The van der Waals surface area contributed by atoms with E-state index in [0.29, 0.717) is 12.1 Å². The van der Waals surface area contributed by atoms with Gasteiger partial charge in [0.25, 0.3) is 0 Å². The first-order valence-electron chi connectivity index (χ1n) is 3.98. The third-order valence-corrected chi connectivity index (χ3v) is 2.49. The van der Waals surface area contributed by atoms with Crippen LogP contribution in [0.1, 0.15) is 19.8 Å². The third kappa shape index (κ3) is 1.50. The molecule has 0 amide bonds. The first-order valence-corrected chi connectivity index (χ1v) is 3.98. The van der Waals surface area contributed by atoms with Crippen LogP contribution in [-0.4, -0.2) is 37.7 Å². The normalized spacial score (nSPS) is 30.9. The number of hydrogen-bond acceptors (Lipinski definition) is 2. The average Bonchev–Trinajstić information content (AvgIpc) is 2.34. The van der Waals surface area contributed by atoms with Crippen LogP contribution in [0, 0.1) is 0 Å². The highest BCUT2D eigenvalue weighted by molar-refractivity contribution is 4.80. The smallest absolute Gasteiger partial charge is 0.0698 e. The minimum Gasteiger partial charge on any atom is -0.380 e. The van der Waals surface area contributed by atoms with Gasteiger partial charge in [-0.3, -0.25) is 0 Å². The Kier molecular flexibility index (Phi) is 2.69. The zero-order valence-electron chi connectivity index (χ0n) is 7.13. The van der Waals surface area contributed by atoms with Gasteiger partial charge in [-0.15, -0.1) is 0 Å². The first-order chi connectivity index (χ1) is 4.75. The number of likely N-dealkylation sites (tertiary alicyclic amines) is 1. The molecule has 1 fully saturated rings. The fourth-order valence-electron chi connectivity index (χ4n) is 1.69. The van der Waals surface area contributed by atoms with Crippen LogP contribution in [0.4, 0.5) is 0 Å². The van der Waals surface area contributed by atoms with Crippen molar-refractivity contribution >= 4 is 0 Å². The van der Waals surface area contributed by atoms with Crippen molar-refractivity contribution in [2.75, 3.05) is 20.7 Å². The van der Waals surface area contributed by atoms with Crippen molar-refractivity contribution in [1.82, 2.24) is 4.90 Å². The number of rotatable bonds is 2. The largest absolute Gasteiger partial charge is 0.380 e. The Morgan fingerprint density at radius 3 is 2.70 bits per heavy atom. The molecule has 1 heterocycles. The maximum absolute atomic E-state index is 5.26. The molecule has 0 bridgehead atoms. The lowest BCUT2D eigenvalue weighted by Crippen LogP contribution is -2.35. The second kappa shape index (κ2) is 3.35. The Hall–Kier alpha value is -0.0800. The highest BCUT2D eigenvalue weighted by Gasteiger charge is 2.25. The van der Waals surface area contributed by atoms with Crippen LogP contribution in [0.3, 0.4) is 0 Å². The zero-order valence-corrected chi connectivity index (χ0v) is 7.13. The second-order valence-corrected chi connectivity index (χ2v) is 3.13. The molecule has 0 spiro atoms. The van der Waals surface area contributed by atoms with Gasteiger partial charge in [0, 0.05) is 13.2 Å². The van der Waals surface area contributed by atoms with Crippen molar-refractivity contribution in [2.45, 2.75) is 31.9 Å². The summed E-state index contributed by atoms with van der Waals surface area (Å²) in [6.07, 6.45) is 3.02. The SMILES string of the molecule is CO[C@@H](C)[C@@H]1CCCN1C. The summed E-state index contributed by atoms with van der Waals surface area (Å²) in [5, 5.41) is 0. The molecule has 60 valence electrons. The number of likely N-dealkylation sites (N-methyl/N-ethyl adjacent to an activating group) is 1. The van der Waals surface area contributed by atoms with Gasteiger partial charge in [-0.05, 0) is 33.4 Å². The van der Waals surface area contributed by atoms with Gasteiger partial charge in [0.15, 0.2) is 0 Å². The molecular weight excluding hydrogens is 126 g/mol. The molecule has 0 unspecified atom stereocenters. The number of nitrogens with zero attached hydrogens (tertiary/aromatic N) is 1. The van der Waals surface area contributed by atoms with Crippen LogP contribution in [0.15, 0.2) is 0 Å². The lowest BCUT2D eigenvalue weighted by Gasteiger charge is -2.24. The lowest BCUT2D eigenvalue weighted by atomic mass is 10.1. The van der Waals surface area contributed by atoms with Crippen LogP contribution in [0.5, 0.6) is 0 Å². The summed E-state index contributed by atoms with van der Waals surface area (Å²) in [7, 11) is 3.96. The highest BCUT2D eigenvalue weighted by atomic mass is 16.5. The topological polar surface area (TPSA) is 12.5 Å². The van der Waals surface area contributed by atoms with Crippen LogP contribution in [0.2, 0.25) is 0 Å². The van der Waals surface area contributed by atoms with E-state index in [1.54, 1.807) is 7.11 Å². The molecule has 1 saturated heterocycles. The molecule has 0 N–H and O–H groups in total. The van der Waals surface area contributed by atoms with Crippen molar-refractivity contribution in [1.29, 1.82) is 0 Å². The highest BCUT2D eigenvalue weighted by Crippen LogP contribution is 2.18. The van der Waals surface area contributed by atoms with Gasteiger partial charge in [-0.2, -0.15) is 0 Å². The fraction of sp³-hybridized carbons (Fsp3) is 1.00. The summed E-state index contributed by atoms with van der Waals surface area (Å²) in [5.74, 6) is 0. The Morgan fingerprint density at radius 1 is 1.60 bits per heavy atom. The van der Waals surface area contributed by atoms with E-state index < -0.39 is 0 Å². The van der Waals surface area contributed by atoms with Gasteiger partial charge >= 0.3 is 0 Å². The summed E-state index contributed by atoms with van der Waals surface area (Å²) < 4.78 is 5.26. The van der Waals surface area contributed by atoms with Gasteiger partial charge in [0.1, 0.15) is 0 Å². The molecule has 0 aromatic rings. The summed E-state index contributed by atoms with van der Waals surface area (Å²) in [4.78, 5) is 2.38. The van der Waals surface area contributed by atoms with Crippen LogP contribution < -0.4 is 0 Å². The average molecular weight is 143 g/mol. The van der Waals surface area contributed by atoms with Gasteiger partial charge in [0.2, 0.25) is 0 Å². The molecule has 1 rings (SSSR count). The Morgan fingerprint density at radius 2 is 2.30 bits per heavy atom. The molecule has 1 aliphatic heterocycles. The van der Waals surface area contributed by atoms with E-state index in [4.69, 9.17) is 4.74 Å². The van der Waals surface area contributed by atoms with Crippen LogP contribution in [0.25, 0.3) is 0 Å². The third-order valence-electron chi connectivity index (χ3n) is 2.49. The van der Waals surface area contributed by atoms with E-state index in [9.17, 15) is 0 Å². The van der Waals surface area contributed by atoms with E-state index in [1.807, 2.05) is 0 Å². The second-order valence-electron chi connectivity index (χ2n) is 3.13. The molecule has 2 heteroatoms. The van der Waals surface area contributed by atoms with Crippen LogP contribution in [-0.2, 0) is 4.74 Å². The fourth-order valence-corrected chi connectivity index (χ4v) is 1.69. The summed E-state index contributed by atoms with van der Waals surface area (Å²) in [6.45, 7) is 3.38. The van der Waals surface area contributed by atoms with Crippen LogP contribution >= 0.6 is 0 Å². The monoisotopic (exact) mass is 143 g/mol. The summed E-state index contributed by atoms with van der Waals surface area (Å²) in [5.41, 5.74) is 0. The van der Waals surface area contributed by atoms with Crippen molar-refractivity contribution in [2.24, 2.45) is 0 Å². The molecular formula is C8H17NO. The van der Waals surface area contributed by atoms with E-state index in [-0.39, 0.29) is 0 Å². The number of ether oxygens (including phenoxy) is 1. The molecule has 0 aromatic heterocycles. The predicted octanol–water partition coefficient (Wildman–Crippen LogP) is 1.12. The maximum Gasteiger partial charge on any atom is 0.0698 e. The van der Waals surface area contributed by atoms with E-state index in [1.165, 1.54) is 19.4 Å². The molecule has 0 aliphatic carbocycles. The Bertz CT molecular complexity index is 105. The number of hydrogen-bond donors (Lipinski definition) is 0. The van der Waals surface area contributed by atoms with E-state index in [2.05, 4.69) is 18.9 Å². The van der Waals surface area contributed by atoms with E-state index in [0.717, 1.165) is 0 Å². The molecule has 0 saturated carbocycles.